The first-order chi connectivity index (χ1) is 20.3. The summed E-state index contributed by atoms with van der Waals surface area (Å²) in [7, 11) is -4.52. The lowest BCUT2D eigenvalue weighted by Gasteiger charge is -2.33. The molecule has 1 atom stereocenters. The molecule has 0 unspecified atom stereocenters. The molecule has 0 fully saturated rings. The van der Waals surface area contributed by atoms with Crippen LogP contribution in [0.4, 0.5) is 18.9 Å². The number of nitrogens with one attached hydrogen (secondary N) is 1. The van der Waals surface area contributed by atoms with Crippen molar-refractivity contribution in [3.8, 4) is 0 Å². The molecule has 0 saturated carbocycles. The zero-order valence-corrected chi connectivity index (χ0v) is 25.9. The van der Waals surface area contributed by atoms with Crippen molar-refractivity contribution < 1.29 is 31.2 Å². The predicted molar refractivity (Wildman–Crippen MR) is 161 cm³/mol. The summed E-state index contributed by atoms with van der Waals surface area (Å²) >= 11 is 12.2. The number of sulfonamides is 1. The Morgan fingerprint density at radius 1 is 0.930 bits per heavy atom. The number of carbonyl (C=O) groups is 2. The highest BCUT2D eigenvalue weighted by Gasteiger charge is 2.36. The van der Waals surface area contributed by atoms with E-state index in [9.17, 15) is 31.2 Å². The zero-order chi connectivity index (χ0) is 31.8. The van der Waals surface area contributed by atoms with Crippen LogP contribution in [0.3, 0.4) is 0 Å². The molecule has 0 heterocycles. The van der Waals surface area contributed by atoms with Crippen LogP contribution in [0.25, 0.3) is 0 Å². The van der Waals surface area contributed by atoms with Gasteiger partial charge in [-0.2, -0.15) is 13.2 Å². The molecule has 0 spiro atoms. The molecular weight excluding hydrogens is 626 g/mol. The number of halogens is 5. The summed E-state index contributed by atoms with van der Waals surface area (Å²) in [6, 6.07) is 14.5. The summed E-state index contributed by atoms with van der Waals surface area (Å²) in [5.74, 6) is -1.25. The highest BCUT2D eigenvalue weighted by Crippen LogP contribution is 2.33. The second-order valence-corrected chi connectivity index (χ2v) is 12.4. The van der Waals surface area contributed by atoms with Gasteiger partial charge in [0.2, 0.25) is 11.8 Å². The molecule has 0 saturated heterocycles. The van der Waals surface area contributed by atoms with E-state index in [-0.39, 0.29) is 33.6 Å². The van der Waals surface area contributed by atoms with Crippen molar-refractivity contribution in [3.05, 3.63) is 94.0 Å². The molecule has 0 bridgehead atoms. The number of hydrogen-bond acceptors (Lipinski definition) is 4. The van der Waals surface area contributed by atoms with Crippen LogP contribution in [0.5, 0.6) is 0 Å². The van der Waals surface area contributed by atoms with Crippen LogP contribution in [-0.2, 0) is 32.3 Å². The Morgan fingerprint density at radius 2 is 1.63 bits per heavy atom. The quantitative estimate of drug-likeness (QED) is 0.202. The minimum absolute atomic E-state index is 0.142. The summed E-state index contributed by atoms with van der Waals surface area (Å²) in [5.41, 5.74) is -0.929. The lowest BCUT2D eigenvalue weighted by Crippen LogP contribution is -2.52. The maximum Gasteiger partial charge on any atom is 0.416 e. The third-order valence-electron chi connectivity index (χ3n) is 6.62. The number of unbranched alkanes of at least 4 members (excludes halogenated alkanes) is 1. The molecule has 232 valence electrons. The van der Waals surface area contributed by atoms with E-state index in [1.807, 2.05) is 6.92 Å². The molecule has 43 heavy (non-hydrogen) atoms. The number of nitrogens with zero attached hydrogens (tertiary/aromatic N) is 2. The van der Waals surface area contributed by atoms with Crippen molar-refractivity contribution >= 4 is 50.7 Å². The maximum absolute atomic E-state index is 14.0. The summed E-state index contributed by atoms with van der Waals surface area (Å²) in [5, 5.41) is 3.29. The number of hydrogen-bond donors (Lipinski definition) is 1. The minimum atomic E-state index is -4.76. The van der Waals surface area contributed by atoms with Gasteiger partial charge in [0.15, 0.2) is 0 Å². The predicted octanol–water partition coefficient (Wildman–Crippen LogP) is 6.93. The highest BCUT2D eigenvalue weighted by molar-refractivity contribution is 7.92. The average molecular weight is 659 g/mol. The van der Waals surface area contributed by atoms with Crippen molar-refractivity contribution in [2.45, 2.75) is 56.8 Å². The van der Waals surface area contributed by atoms with Crippen LogP contribution in [0, 0.1) is 0 Å². The Bertz CT molecular complexity index is 1520. The van der Waals surface area contributed by atoms with E-state index in [4.69, 9.17) is 23.2 Å². The first-order valence-electron chi connectivity index (χ1n) is 13.6. The molecule has 0 aliphatic carbocycles. The molecule has 1 N–H and O–H groups in total. The number of carbonyl (C=O) groups excluding carboxylic acids is 2. The fourth-order valence-electron chi connectivity index (χ4n) is 4.35. The van der Waals surface area contributed by atoms with Crippen molar-refractivity contribution in [2.24, 2.45) is 0 Å². The van der Waals surface area contributed by atoms with Gasteiger partial charge in [-0.25, -0.2) is 8.42 Å². The van der Waals surface area contributed by atoms with Crippen molar-refractivity contribution in [1.82, 2.24) is 10.2 Å². The maximum atomic E-state index is 14.0. The van der Waals surface area contributed by atoms with Crippen LogP contribution >= 0.6 is 23.2 Å². The number of amides is 2. The topological polar surface area (TPSA) is 86.8 Å². The third-order valence-corrected chi connectivity index (χ3v) is 9.15. The lowest BCUT2D eigenvalue weighted by molar-refractivity contribution is -0.140. The van der Waals surface area contributed by atoms with Crippen LogP contribution in [0.15, 0.2) is 77.7 Å². The Kier molecular flexibility index (Phi) is 11.9. The summed E-state index contributed by atoms with van der Waals surface area (Å²) < 4.78 is 69.0. The van der Waals surface area contributed by atoms with Crippen LogP contribution in [0.2, 0.25) is 10.0 Å². The fourth-order valence-corrected chi connectivity index (χ4v) is 6.09. The molecule has 0 aliphatic rings. The SMILES string of the molecule is CCCCNC(=O)[C@H](CC)N(Cc1ccc(Cl)c(Cl)c1)C(=O)CN(c1cccc(C(F)(F)F)c1)S(=O)(=O)c1ccccc1. The zero-order valence-electron chi connectivity index (χ0n) is 23.6. The summed E-state index contributed by atoms with van der Waals surface area (Å²) in [6.45, 7) is 3.01. The second kappa shape index (κ2) is 14.9. The molecule has 0 aliphatic heterocycles. The normalized spacial score (nSPS) is 12.4. The summed E-state index contributed by atoms with van der Waals surface area (Å²) in [6.07, 6.45) is -3.04. The van der Waals surface area contributed by atoms with Gasteiger partial charge in [0, 0.05) is 13.1 Å². The van der Waals surface area contributed by atoms with Gasteiger partial charge in [-0.15, -0.1) is 0 Å². The number of alkyl halides is 3. The van der Waals surface area contributed by atoms with Gasteiger partial charge < -0.3 is 10.2 Å². The molecule has 3 rings (SSSR count). The molecule has 0 radical (unpaired) electrons. The van der Waals surface area contributed by atoms with E-state index in [1.165, 1.54) is 47.4 Å². The number of anilines is 1. The highest BCUT2D eigenvalue weighted by atomic mass is 35.5. The number of rotatable bonds is 13. The van der Waals surface area contributed by atoms with Crippen molar-refractivity contribution in [3.63, 3.8) is 0 Å². The average Bonchev–Trinajstić information content (AvgIpc) is 2.97. The molecule has 7 nitrogen and oxygen atoms in total. The van der Waals surface area contributed by atoms with Crippen LogP contribution in [-0.4, -0.2) is 44.3 Å². The Balaban J connectivity index is 2.10. The van der Waals surface area contributed by atoms with Crippen molar-refractivity contribution in [1.29, 1.82) is 0 Å². The Morgan fingerprint density at radius 3 is 2.23 bits per heavy atom. The fraction of sp³-hybridized carbons (Fsp3) is 0.333. The Hall–Kier alpha value is -3.28. The van der Waals surface area contributed by atoms with Gasteiger partial charge in [0.05, 0.1) is 26.2 Å². The largest absolute Gasteiger partial charge is 0.416 e. The number of benzene rings is 3. The third kappa shape index (κ3) is 8.87. The van der Waals surface area contributed by atoms with E-state index < -0.39 is 46.2 Å². The van der Waals surface area contributed by atoms with Crippen molar-refractivity contribution in [2.75, 3.05) is 17.4 Å². The summed E-state index contributed by atoms with van der Waals surface area (Å²) in [4.78, 5) is 28.3. The van der Waals surface area contributed by atoms with E-state index in [0.717, 1.165) is 18.6 Å². The smallest absolute Gasteiger partial charge is 0.354 e. The second-order valence-electron chi connectivity index (χ2n) is 9.71. The molecule has 13 heteroatoms. The molecule has 2 amide bonds. The molecular formula is C30H32Cl2F3N3O4S. The van der Waals surface area contributed by atoms with Gasteiger partial charge in [0.1, 0.15) is 12.6 Å². The van der Waals surface area contributed by atoms with Gasteiger partial charge in [-0.05, 0) is 60.9 Å². The first-order valence-corrected chi connectivity index (χ1v) is 15.7. The minimum Gasteiger partial charge on any atom is -0.354 e. The van der Waals surface area contributed by atoms with E-state index in [2.05, 4.69) is 5.32 Å². The van der Waals surface area contributed by atoms with Gasteiger partial charge in [0.25, 0.3) is 10.0 Å². The first kappa shape index (κ1) is 34.2. The van der Waals surface area contributed by atoms with Crippen LogP contribution < -0.4 is 9.62 Å². The molecule has 3 aromatic carbocycles. The Labute approximate surface area is 259 Å². The van der Waals surface area contributed by atoms with Crippen LogP contribution in [0.1, 0.15) is 44.2 Å². The van der Waals surface area contributed by atoms with E-state index in [0.29, 0.717) is 28.9 Å². The van der Waals surface area contributed by atoms with Gasteiger partial charge in [-0.1, -0.05) is 73.8 Å². The van der Waals surface area contributed by atoms with Gasteiger partial charge in [-0.3, -0.25) is 13.9 Å². The van der Waals surface area contributed by atoms with E-state index in [1.54, 1.807) is 19.1 Å². The standard InChI is InChI=1S/C30H32Cl2F3N3O4S/c1-3-5-16-36-29(40)27(4-2)37(19-21-14-15-25(31)26(32)17-21)28(39)20-38(43(41,42)24-12-7-6-8-13-24)23-11-9-10-22(18-23)30(33,34)35/h6-15,17-18,27H,3-5,16,19-20H2,1-2H3,(H,36,40)/t27-/m0/s1. The van der Waals surface area contributed by atoms with Gasteiger partial charge >= 0.3 is 6.18 Å². The monoisotopic (exact) mass is 657 g/mol. The lowest BCUT2D eigenvalue weighted by atomic mass is 10.1. The molecule has 3 aromatic rings. The molecule has 0 aromatic heterocycles. The van der Waals surface area contributed by atoms with E-state index >= 15 is 0 Å².